The highest BCUT2D eigenvalue weighted by molar-refractivity contribution is 8.00. The van der Waals surface area contributed by atoms with E-state index >= 15 is 0 Å². The van der Waals surface area contributed by atoms with Gasteiger partial charge in [-0.25, -0.2) is 14.2 Å². The number of carbonyl (C=O) groups is 4. The minimum Gasteiger partial charge on any atom is -0.477 e. The Morgan fingerprint density at radius 3 is 2.80 bits per heavy atom. The van der Waals surface area contributed by atoms with Gasteiger partial charge in [0.25, 0.3) is 11.8 Å². The number of anilines is 1. The molecule has 0 saturated carbocycles. The topological polar surface area (TPSA) is 206 Å². The molecule has 0 spiro atoms. The molecule has 2 atom stereocenters. The van der Waals surface area contributed by atoms with Crippen molar-refractivity contribution in [1.29, 1.82) is 0 Å². The summed E-state index contributed by atoms with van der Waals surface area (Å²) in [5, 5.41) is 24.5. The Balaban J connectivity index is 1.16. The first-order chi connectivity index (χ1) is 21.3. The molecule has 2 unspecified atom stereocenters. The number of carbonyl (C=O) groups excluding carboxylic acids is 3. The lowest BCUT2D eigenvalue weighted by molar-refractivity contribution is -0.687. The number of nitrogens with zero attached hydrogens (tertiary/aromatic N) is 5. The summed E-state index contributed by atoms with van der Waals surface area (Å²) < 4.78 is 7.70. The van der Waals surface area contributed by atoms with E-state index in [1.807, 2.05) is 40.5 Å². The van der Waals surface area contributed by atoms with Gasteiger partial charge in [-0.2, -0.15) is 4.98 Å². The van der Waals surface area contributed by atoms with Crippen molar-refractivity contribution in [2.45, 2.75) is 24.5 Å². The molecule has 3 amide bonds. The van der Waals surface area contributed by atoms with Crippen LogP contribution in [0, 0.1) is 0 Å². The van der Waals surface area contributed by atoms with Crippen molar-refractivity contribution in [2.75, 3.05) is 11.5 Å². The summed E-state index contributed by atoms with van der Waals surface area (Å²) in [6, 6.07) is 11.5. The number of rotatable bonds is 9. The van der Waals surface area contributed by atoms with Gasteiger partial charge in [0, 0.05) is 28.6 Å². The van der Waals surface area contributed by atoms with E-state index in [-0.39, 0.29) is 30.6 Å². The molecule has 1 saturated heterocycles. The first kappa shape index (κ1) is 28.8. The number of nitrogens with one attached hydrogen (secondary N) is 2. The molecule has 17 heteroatoms. The molecule has 2 aliphatic rings. The number of thiophene rings is 1. The monoisotopic (exact) mass is 635 g/mol. The number of carboxylic acid groups (broad SMARTS) is 1. The Morgan fingerprint density at radius 2 is 2.05 bits per heavy atom. The third kappa shape index (κ3) is 5.82. The van der Waals surface area contributed by atoms with Gasteiger partial charge in [-0.05, 0) is 17.0 Å². The van der Waals surface area contributed by atoms with Crippen LogP contribution in [-0.4, -0.2) is 66.9 Å². The van der Waals surface area contributed by atoms with Crippen LogP contribution in [0.4, 0.5) is 10.8 Å². The highest BCUT2D eigenvalue weighted by Gasteiger charge is 2.55. The van der Waals surface area contributed by atoms with Crippen LogP contribution in [0.5, 0.6) is 0 Å². The molecule has 5 heterocycles. The minimum atomic E-state index is -1.25. The summed E-state index contributed by atoms with van der Waals surface area (Å²) in [6.07, 6.45) is 2.81. The van der Waals surface area contributed by atoms with Crippen LogP contribution in [-0.2, 0) is 32.3 Å². The Bertz CT molecular complexity index is 1840. The minimum absolute atomic E-state index is 0.125. The first-order valence-electron chi connectivity index (χ1n) is 13.0. The van der Waals surface area contributed by atoms with Gasteiger partial charge in [0.1, 0.15) is 17.1 Å². The van der Waals surface area contributed by atoms with Gasteiger partial charge in [-0.1, -0.05) is 40.6 Å². The van der Waals surface area contributed by atoms with Crippen molar-refractivity contribution >= 4 is 68.8 Å². The zero-order valence-electron chi connectivity index (χ0n) is 22.6. The third-order valence-electron chi connectivity index (χ3n) is 6.73. The van der Waals surface area contributed by atoms with E-state index in [2.05, 4.69) is 25.9 Å². The average Bonchev–Trinajstić information content (AvgIpc) is 3.67. The number of hydrogen-bond acceptors (Lipinski definition) is 12. The molecule has 3 aromatic heterocycles. The number of aromatic nitrogens is 3. The Hall–Kier alpha value is -5.29. The lowest BCUT2D eigenvalue weighted by Gasteiger charge is -2.49. The second-order valence-electron chi connectivity index (χ2n) is 9.59. The van der Waals surface area contributed by atoms with E-state index in [9.17, 15) is 24.3 Å². The number of amides is 3. The first-order valence-corrected chi connectivity index (χ1v) is 14.9. The lowest BCUT2D eigenvalue weighted by Crippen LogP contribution is -2.71. The van der Waals surface area contributed by atoms with Crippen LogP contribution in [0.2, 0.25) is 0 Å². The van der Waals surface area contributed by atoms with Crippen molar-refractivity contribution < 1.29 is 38.2 Å². The van der Waals surface area contributed by atoms with Crippen LogP contribution in [0.3, 0.4) is 0 Å². The molecule has 4 aromatic rings. The molecular weight excluding hydrogens is 612 g/mol. The van der Waals surface area contributed by atoms with Crippen LogP contribution < -0.4 is 20.9 Å². The zero-order chi connectivity index (χ0) is 30.8. The number of aliphatic carboxylic acids is 1. The summed E-state index contributed by atoms with van der Waals surface area (Å²) in [7, 11) is 0. The van der Waals surface area contributed by atoms with Crippen LogP contribution in [0.25, 0.3) is 10.1 Å². The van der Waals surface area contributed by atoms with E-state index < -0.39 is 41.0 Å². The maximum absolute atomic E-state index is 13.2. The molecule has 224 valence electrons. The molecule has 0 aliphatic carbocycles. The van der Waals surface area contributed by atoms with Gasteiger partial charge >= 0.3 is 18.1 Å². The predicted octanol–water partition coefficient (Wildman–Crippen LogP) is 1.22. The maximum atomic E-state index is 13.2. The predicted molar refractivity (Wildman–Crippen MR) is 157 cm³/mol. The number of nitrogens with two attached hydrogens (primary N) is 1. The van der Waals surface area contributed by atoms with Gasteiger partial charge in [-0.15, -0.1) is 23.1 Å². The molecule has 0 bridgehead atoms. The molecule has 1 aromatic carbocycles. The van der Waals surface area contributed by atoms with Crippen molar-refractivity contribution in [3.05, 3.63) is 82.9 Å². The summed E-state index contributed by atoms with van der Waals surface area (Å²) in [6.45, 7) is 0.410. The molecule has 2 aliphatic heterocycles. The molecular formula is C27H23N8O7S2+. The second kappa shape index (κ2) is 12.1. The molecule has 15 nitrogen and oxygen atoms in total. The van der Waals surface area contributed by atoms with Crippen LogP contribution in [0.15, 0.2) is 81.2 Å². The fourth-order valence-corrected chi connectivity index (χ4v) is 6.79. The number of fused-ring (bicyclic) bond motifs is 2. The number of benzene rings is 1. The number of hydrogen-bond donors (Lipinski definition) is 4. The maximum Gasteiger partial charge on any atom is 0.433 e. The van der Waals surface area contributed by atoms with Crippen molar-refractivity contribution in [1.82, 2.24) is 25.7 Å². The fraction of sp³-hybridized carbons (Fsp3) is 0.185. The number of carboxylic acids is 1. The van der Waals surface area contributed by atoms with E-state index in [0.717, 1.165) is 20.5 Å². The second-order valence-corrected chi connectivity index (χ2v) is 11.6. The van der Waals surface area contributed by atoms with E-state index in [4.69, 9.17) is 15.1 Å². The van der Waals surface area contributed by atoms with Gasteiger partial charge < -0.3 is 26.0 Å². The van der Waals surface area contributed by atoms with Gasteiger partial charge in [0.2, 0.25) is 11.5 Å². The quantitative estimate of drug-likeness (QED) is 0.0676. The Morgan fingerprint density at radius 1 is 1.23 bits per heavy atom. The molecule has 6 rings (SSSR count). The number of thioether (sulfide) groups is 1. The Labute approximate surface area is 256 Å². The summed E-state index contributed by atoms with van der Waals surface area (Å²) >= 11 is 2.91. The lowest BCUT2D eigenvalue weighted by atomic mass is 10.0. The number of oxime groups is 1. The Kier molecular flexibility index (Phi) is 7.95. The highest BCUT2D eigenvalue weighted by Crippen LogP contribution is 2.40. The van der Waals surface area contributed by atoms with Crippen molar-refractivity contribution in [3.8, 4) is 0 Å². The van der Waals surface area contributed by atoms with Gasteiger partial charge in [0.05, 0.1) is 5.39 Å². The number of nitrogen functional groups attached to an aromatic ring is 1. The van der Waals surface area contributed by atoms with E-state index in [0.29, 0.717) is 11.3 Å². The largest absolute Gasteiger partial charge is 0.477 e. The normalized spacial score (nSPS) is 18.0. The average molecular weight is 636 g/mol. The zero-order valence-corrected chi connectivity index (χ0v) is 24.2. The third-order valence-corrected chi connectivity index (χ3v) is 8.96. The van der Waals surface area contributed by atoms with Gasteiger partial charge in [0.15, 0.2) is 18.9 Å². The smallest absolute Gasteiger partial charge is 0.433 e. The van der Waals surface area contributed by atoms with Crippen LogP contribution in [0.1, 0.15) is 11.4 Å². The SMILES string of the molecule is Nc1nc(/C(=N\OC(=O)NCc2ccccc2)C(=O)NC2C(=O)N3C(C(=O)O)=C(C[n+]4ccc5sccc5c4)CSC23)no1. The highest BCUT2D eigenvalue weighted by atomic mass is 32.2. The standard InChI is InChI=1S/C27H22N8O7S2/c28-26-31-21(33-41-26)18(32-42-27(40)29-10-14-4-2-1-3-5-14)22(36)30-19-23(37)35-20(25(38)39)16(13-44-24(19)35)12-34-8-6-17-15(11-34)7-9-43-17/h1-9,11,19,24H,10,12-13H2,(H4-,28,29,30,31,33,36,38,39,40)/p+1/b32-18+. The molecule has 1 fully saturated rings. The number of pyridine rings is 1. The van der Waals surface area contributed by atoms with Crippen molar-refractivity contribution in [2.24, 2.45) is 5.16 Å². The molecule has 44 heavy (non-hydrogen) atoms. The number of β-lactam (4-membered cyclic amide) rings is 1. The summed E-state index contributed by atoms with van der Waals surface area (Å²) in [5.74, 6) is -2.92. The fourth-order valence-electron chi connectivity index (χ4n) is 4.70. The molecule has 0 radical (unpaired) electrons. The van der Waals surface area contributed by atoms with E-state index in [1.54, 1.807) is 35.6 Å². The van der Waals surface area contributed by atoms with E-state index in [1.165, 1.54) is 11.8 Å². The van der Waals surface area contributed by atoms with Gasteiger partial charge in [-0.3, -0.25) is 19.3 Å². The summed E-state index contributed by atoms with van der Waals surface area (Å²) in [4.78, 5) is 60.8. The van der Waals surface area contributed by atoms with Crippen LogP contribution >= 0.6 is 23.1 Å². The van der Waals surface area contributed by atoms with Crippen molar-refractivity contribution in [3.63, 3.8) is 0 Å². The molecule has 5 N–H and O–H groups in total. The summed E-state index contributed by atoms with van der Waals surface area (Å²) in [5.41, 5.74) is 6.14.